The third kappa shape index (κ3) is 5.67. The number of hydrogen-bond donors (Lipinski definition) is 1. The normalized spacial score (nSPS) is 10.1. The van der Waals surface area contributed by atoms with Crippen molar-refractivity contribution in [2.24, 2.45) is 0 Å². The molecule has 0 fully saturated rings. The van der Waals surface area contributed by atoms with Gasteiger partial charge in [-0.1, -0.05) is 24.3 Å². The number of thiophene rings is 1. The summed E-state index contributed by atoms with van der Waals surface area (Å²) in [7, 11) is 0. The molecule has 0 amide bonds. The monoisotopic (exact) mass is 346 g/mol. The molecular formula is C18H19ClN2OS. The highest BCUT2D eigenvalue weighted by Crippen LogP contribution is 2.16. The Labute approximate surface area is 146 Å². The fourth-order valence-electron chi connectivity index (χ4n) is 2.11. The summed E-state index contributed by atoms with van der Waals surface area (Å²) in [6.07, 6.45) is 3.67. The Balaban J connectivity index is 0.00000192. The van der Waals surface area contributed by atoms with Gasteiger partial charge in [0.2, 0.25) is 0 Å². The molecule has 23 heavy (non-hydrogen) atoms. The van der Waals surface area contributed by atoms with Gasteiger partial charge in [0, 0.05) is 30.4 Å². The second kappa shape index (κ2) is 9.30. The van der Waals surface area contributed by atoms with Crippen LogP contribution < -0.4 is 10.1 Å². The van der Waals surface area contributed by atoms with Gasteiger partial charge in [0.1, 0.15) is 12.4 Å². The summed E-state index contributed by atoms with van der Waals surface area (Å²) < 4.78 is 5.76. The van der Waals surface area contributed by atoms with E-state index in [0.717, 1.165) is 18.8 Å². The number of nitrogens with zero attached hydrogens (tertiary/aromatic N) is 1. The standard InChI is InChI=1S/C18H18N2OS.ClH/c1-3-16(12-19-9-1)13-20-11-15-5-7-17(8-6-15)21-14-18-4-2-10-22-18;/h1-10,12,20H,11,13-14H2;1H. The van der Waals surface area contributed by atoms with Crippen molar-refractivity contribution < 1.29 is 4.74 Å². The van der Waals surface area contributed by atoms with Crippen LogP contribution in [0.3, 0.4) is 0 Å². The maximum atomic E-state index is 5.76. The van der Waals surface area contributed by atoms with E-state index in [1.807, 2.05) is 30.5 Å². The molecule has 0 unspecified atom stereocenters. The highest BCUT2D eigenvalue weighted by atomic mass is 35.5. The van der Waals surface area contributed by atoms with Crippen LogP contribution >= 0.6 is 23.7 Å². The zero-order valence-electron chi connectivity index (χ0n) is 12.6. The molecule has 3 rings (SSSR count). The molecule has 0 aliphatic rings. The third-order valence-corrected chi connectivity index (χ3v) is 4.12. The van der Waals surface area contributed by atoms with Crippen LogP contribution in [0.4, 0.5) is 0 Å². The fourth-order valence-corrected chi connectivity index (χ4v) is 2.72. The van der Waals surface area contributed by atoms with Crippen molar-refractivity contribution in [1.29, 1.82) is 0 Å². The van der Waals surface area contributed by atoms with Crippen LogP contribution in [-0.4, -0.2) is 4.98 Å². The van der Waals surface area contributed by atoms with E-state index in [1.165, 1.54) is 16.0 Å². The van der Waals surface area contributed by atoms with Crippen LogP contribution in [0.1, 0.15) is 16.0 Å². The summed E-state index contributed by atoms with van der Waals surface area (Å²) in [5, 5.41) is 5.48. The molecular weight excluding hydrogens is 328 g/mol. The van der Waals surface area contributed by atoms with Crippen LogP contribution in [0.5, 0.6) is 5.75 Å². The van der Waals surface area contributed by atoms with Crippen molar-refractivity contribution in [2.75, 3.05) is 0 Å². The number of ether oxygens (including phenoxy) is 1. The van der Waals surface area contributed by atoms with E-state index in [2.05, 4.69) is 39.9 Å². The van der Waals surface area contributed by atoms with E-state index in [0.29, 0.717) is 6.61 Å². The van der Waals surface area contributed by atoms with Crippen molar-refractivity contribution in [3.63, 3.8) is 0 Å². The van der Waals surface area contributed by atoms with Gasteiger partial charge in [0.15, 0.2) is 0 Å². The lowest BCUT2D eigenvalue weighted by atomic mass is 10.2. The second-order valence-electron chi connectivity index (χ2n) is 4.98. The Kier molecular flexibility index (Phi) is 7.07. The Morgan fingerprint density at radius 2 is 1.78 bits per heavy atom. The van der Waals surface area contributed by atoms with Gasteiger partial charge in [-0.05, 0) is 40.8 Å². The second-order valence-corrected chi connectivity index (χ2v) is 6.01. The van der Waals surface area contributed by atoms with Crippen molar-refractivity contribution in [3.05, 3.63) is 82.3 Å². The van der Waals surface area contributed by atoms with Crippen molar-refractivity contribution in [3.8, 4) is 5.75 Å². The molecule has 5 heteroatoms. The topological polar surface area (TPSA) is 34.2 Å². The number of benzene rings is 1. The smallest absolute Gasteiger partial charge is 0.122 e. The van der Waals surface area contributed by atoms with E-state index in [4.69, 9.17) is 4.74 Å². The first-order chi connectivity index (χ1) is 10.9. The third-order valence-electron chi connectivity index (χ3n) is 3.27. The first-order valence-electron chi connectivity index (χ1n) is 7.24. The molecule has 1 N–H and O–H groups in total. The highest BCUT2D eigenvalue weighted by molar-refractivity contribution is 7.09. The molecule has 0 aliphatic heterocycles. The first-order valence-corrected chi connectivity index (χ1v) is 8.12. The minimum absolute atomic E-state index is 0. The van der Waals surface area contributed by atoms with Gasteiger partial charge in [-0.2, -0.15) is 0 Å². The van der Waals surface area contributed by atoms with Crippen LogP contribution in [0, 0.1) is 0 Å². The van der Waals surface area contributed by atoms with Gasteiger partial charge in [-0.25, -0.2) is 0 Å². The molecule has 0 saturated carbocycles. The van der Waals surface area contributed by atoms with Gasteiger partial charge in [0.25, 0.3) is 0 Å². The average Bonchev–Trinajstić information content (AvgIpc) is 3.09. The predicted molar refractivity (Wildman–Crippen MR) is 97.1 cm³/mol. The van der Waals surface area contributed by atoms with Crippen LogP contribution in [0.15, 0.2) is 66.3 Å². The van der Waals surface area contributed by atoms with E-state index in [1.54, 1.807) is 17.5 Å². The first kappa shape index (κ1) is 17.5. The van der Waals surface area contributed by atoms with E-state index < -0.39 is 0 Å². The maximum absolute atomic E-state index is 5.76. The van der Waals surface area contributed by atoms with E-state index in [-0.39, 0.29) is 12.4 Å². The Hall–Kier alpha value is -1.88. The number of rotatable bonds is 7. The SMILES string of the molecule is Cl.c1cncc(CNCc2ccc(OCc3cccs3)cc2)c1. The summed E-state index contributed by atoms with van der Waals surface area (Å²) in [6, 6.07) is 16.4. The lowest BCUT2D eigenvalue weighted by molar-refractivity contribution is 0.309. The minimum atomic E-state index is 0. The molecule has 0 atom stereocenters. The van der Waals surface area contributed by atoms with E-state index >= 15 is 0 Å². The van der Waals surface area contributed by atoms with Gasteiger partial charge >= 0.3 is 0 Å². The van der Waals surface area contributed by atoms with Crippen molar-refractivity contribution in [2.45, 2.75) is 19.7 Å². The molecule has 0 saturated heterocycles. The van der Waals surface area contributed by atoms with Gasteiger partial charge in [0.05, 0.1) is 0 Å². The Morgan fingerprint density at radius 3 is 2.48 bits per heavy atom. The molecule has 0 bridgehead atoms. The highest BCUT2D eigenvalue weighted by Gasteiger charge is 1.98. The van der Waals surface area contributed by atoms with Gasteiger partial charge in [-0.3, -0.25) is 4.98 Å². The average molecular weight is 347 g/mol. The lowest BCUT2D eigenvalue weighted by Crippen LogP contribution is -2.12. The summed E-state index contributed by atoms with van der Waals surface area (Å²) >= 11 is 1.71. The predicted octanol–water partition coefficient (Wildman–Crippen LogP) is 4.43. The molecule has 2 heterocycles. The van der Waals surface area contributed by atoms with E-state index in [9.17, 15) is 0 Å². The number of aromatic nitrogens is 1. The van der Waals surface area contributed by atoms with Gasteiger partial charge in [-0.15, -0.1) is 23.7 Å². The molecule has 0 aliphatic carbocycles. The van der Waals surface area contributed by atoms with Gasteiger partial charge < -0.3 is 10.1 Å². The zero-order valence-corrected chi connectivity index (χ0v) is 14.3. The summed E-state index contributed by atoms with van der Waals surface area (Å²) in [5.74, 6) is 0.907. The Bertz CT molecular complexity index is 672. The number of hydrogen-bond acceptors (Lipinski definition) is 4. The van der Waals surface area contributed by atoms with Crippen molar-refractivity contribution in [1.82, 2.24) is 10.3 Å². The quantitative estimate of drug-likeness (QED) is 0.687. The Morgan fingerprint density at radius 1 is 0.957 bits per heavy atom. The molecule has 3 nitrogen and oxygen atoms in total. The zero-order chi connectivity index (χ0) is 15.0. The molecule has 1 aromatic carbocycles. The van der Waals surface area contributed by atoms with Crippen LogP contribution in [0.25, 0.3) is 0 Å². The fraction of sp³-hybridized carbons (Fsp3) is 0.167. The molecule has 0 spiro atoms. The van der Waals surface area contributed by atoms with Crippen LogP contribution in [0.2, 0.25) is 0 Å². The minimum Gasteiger partial charge on any atom is -0.488 e. The molecule has 0 radical (unpaired) electrons. The number of nitrogens with one attached hydrogen (secondary N) is 1. The maximum Gasteiger partial charge on any atom is 0.122 e. The van der Waals surface area contributed by atoms with Crippen molar-refractivity contribution >= 4 is 23.7 Å². The molecule has 120 valence electrons. The molecule has 3 aromatic rings. The summed E-state index contributed by atoms with van der Waals surface area (Å²) in [6.45, 7) is 2.29. The number of pyridine rings is 1. The number of halogens is 1. The summed E-state index contributed by atoms with van der Waals surface area (Å²) in [5.41, 5.74) is 2.44. The molecule has 2 aromatic heterocycles. The van der Waals surface area contributed by atoms with Crippen LogP contribution in [-0.2, 0) is 19.7 Å². The largest absolute Gasteiger partial charge is 0.488 e. The lowest BCUT2D eigenvalue weighted by Gasteiger charge is -2.07. The summed E-state index contributed by atoms with van der Waals surface area (Å²) in [4.78, 5) is 5.35.